The number of hydrogen-bond donors (Lipinski definition) is 2. The van der Waals surface area contributed by atoms with Gasteiger partial charge in [0.05, 0.1) is 6.61 Å². The third kappa shape index (κ3) is 6.05. The molecule has 0 radical (unpaired) electrons. The van der Waals surface area contributed by atoms with Crippen LogP contribution in [0.2, 0.25) is 0 Å². The van der Waals surface area contributed by atoms with Crippen molar-refractivity contribution in [3.05, 3.63) is 29.8 Å². The molecule has 1 saturated heterocycles. The highest BCUT2D eigenvalue weighted by atomic mass is 16.5. The maximum absolute atomic E-state index is 11.7. The Balaban J connectivity index is 1.83. The molecule has 1 fully saturated rings. The smallest absolute Gasteiger partial charge is 0.226 e. The van der Waals surface area contributed by atoms with Crippen LogP contribution in [-0.4, -0.2) is 50.6 Å². The molecule has 0 aromatic heterocycles. The van der Waals surface area contributed by atoms with E-state index in [4.69, 9.17) is 4.74 Å². The number of carbonyl (C=O) groups is 1. The molecule has 2 rings (SSSR count). The highest BCUT2D eigenvalue weighted by Gasteiger charge is 2.19. The van der Waals surface area contributed by atoms with Gasteiger partial charge in [-0.1, -0.05) is 26.0 Å². The second-order valence-electron chi connectivity index (χ2n) is 6.85. The van der Waals surface area contributed by atoms with Crippen LogP contribution in [0, 0.1) is 11.8 Å². The molecule has 138 valence electrons. The molecular formula is C19H30N4O2. The molecule has 1 aromatic rings. The molecule has 0 spiro atoms. The fourth-order valence-corrected chi connectivity index (χ4v) is 2.76. The first-order valence-electron chi connectivity index (χ1n) is 8.89. The lowest BCUT2D eigenvalue weighted by Crippen LogP contribution is -2.41. The van der Waals surface area contributed by atoms with Gasteiger partial charge >= 0.3 is 0 Å². The van der Waals surface area contributed by atoms with Crippen LogP contribution < -0.4 is 10.6 Å². The van der Waals surface area contributed by atoms with Crippen LogP contribution >= 0.6 is 0 Å². The van der Waals surface area contributed by atoms with E-state index in [2.05, 4.69) is 27.6 Å². The molecule has 0 bridgehead atoms. The van der Waals surface area contributed by atoms with Gasteiger partial charge in [-0.3, -0.25) is 9.79 Å². The molecule has 1 unspecified atom stereocenters. The van der Waals surface area contributed by atoms with E-state index in [0.29, 0.717) is 12.5 Å². The number of benzene rings is 1. The zero-order valence-electron chi connectivity index (χ0n) is 15.7. The number of carbonyl (C=O) groups excluding carboxylic acids is 1. The van der Waals surface area contributed by atoms with Gasteiger partial charge in [-0.2, -0.15) is 0 Å². The Bertz CT molecular complexity index is 578. The van der Waals surface area contributed by atoms with Gasteiger partial charge in [-0.15, -0.1) is 0 Å². The van der Waals surface area contributed by atoms with E-state index in [1.54, 1.807) is 7.05 Å². The molecule has 0 aliphatic carbocycles. The Kier molecular flexibility index (Phi) is 7.25. The van der Waals surface area contributed by atoms with Crippen LogP contribution in [0.3, 0.4) is 0 Å². The minimum atomic E-state index is -0.0227. The number of hydrogen-bond acceptors (Lipinski definition) is 3. The van der Waals surface area contributed by atoms with Crippen molar-refractivity contribution < 1.29 is 9.53 Å². The Morgan fingerprint density at radius 3 is 2.64 bits per heavy atom. The summed E-state index contributed by atoms with van der Waals surface area (Å²) in [5, 5.41) is 6.29. The van der Waals surface area contributed by atoms with E-state index in [1.807, 2.05) is 38.1 Å². The van der Waals surface area contributed by atoms with Crippen LogP contribution in [0.1, 0.15) is 25.8 Å². The summed E-state index contributed by atoms with van der Waals surface area (Å²) in [5.74, 6) is 1.46. The van der Waals surface area contributed by atoms with Crippen molar-refractivity contribution in [2.45, 2.75) is 26.8 Å². The number of anilines is 1. The largest absolute Gasteiger partial charge is 0.381 e. The summed E-state index contributed by atoms with van der Waals surface area (Å²) in [6, 6.07) is 7.89. The lowest BCUT2D eigenvalue weighted by Gasteiger charge is -2.24. The van der Waals surface area contributed by atoms with Crippen molar-refractivity contribution in [3.63, 3.8) is 0 Å². The Hall–Kier alpha value is -2.08. The number of nitrogens with zero attached hydrogens (tertiary/aromatic N) is 2. The molecule has 25 heavy (non-hydrogen) atoms. The standard InChI is InChI=1S/C19H30N4O2/c1-14(2)18(24)22-17-7-5-15(6-8-17)11-21-19(20-3)23(4)12-16-9-10-25-13-16/h5-8,14,16H,9-13H2,1-4H3,(H,20,21)(H,22,24). The number of nitrogens with one attached hydrogen (secondary N) is 2. The maximum atomic E-state index is 11.7. The fraction of sp³-hybridized carbons (Fsp3) is 0.579. The highest BCUT2D eigenvalue weighted by molar-refractivity contribution is 5.92. The minimum absolute atomic E-state index is 0.0227. The first-order valence-corrected chi connectivity index (χ1v) is 8.89. The zero-order valence-corrected chi connectivity index (χ0v) is 15.7. The molecule has 6 heteroatoms. The molecule has 2 N–H and O–H groups in total. The molecule has 1 amide bonds. The molecule has 1 aromatic carbocycles. The van der Waals surface area contributed by atoms with Gasteiger partial charge in [-0.05, 0) is 24.1 Å². The van der Waals surface area contributed by atoms with Gasteiger partial charge in [0, 0.05) is 51.3 Å². The summed E-state index contributed by atoms with van der Waals surface area (Å²) in [6.07, 6.45) is 1.12. The van der Waals surface area contributed by atoms with Gasteiger partial charge in [0.2, 0.25) is 5.91 Å². The third-order valence-electron chi connectivity index (χ3n) is 4.33. The predicted molar refractivity (Wildman–Crippen MR) is 102 cm³/mol. The molecule has 1 aliphatic rings. The normalized spacial score (nSPS) is 17.6. The predicted octanol–water partition coefficient (Wildman–Crippen LogP) is 2.32. The average molecular weight is 346 g/mol. The first-order chi connectivity index (χ1) is 12.0. The topological polar surface area (TPSA) is 66.0 Å². The minimum Gasteiger partial charge on any atom is -0.381 e. The first kappa shape index (κ1) is 19.2. The van der Waals surface area contributed by atoms with E-state index in [9.17, 15) is 4.79 Å². The molecular weight excluding hydrogens is 316 g/mol. The van der Waals surface area contributed by atoms with Gasteiger partial charge in [-0.25, -0.2) is 0 Å². The summed E-state index contributed by atoms with van der Waals surface area (Å²) in [4.78, 5) is 18.2. The summed E-state index contributed by atoms with van der Waals surface area (Å²) in [6.45, 7) is 7.10. The Morgan fingerprint density at radius 2 is 2.08 bits per heavy atom. The van der Waals surface area contributed by atoms with Crippen LogP contribution in [0.5, 0.6) is 0 Å². The van der Waals surface area contributed by atoms with Crippen molar-refractivity contribution in [1.29, 1.82) is 0 Å². The fourth-order valence-electron chi connectivity index (χ4n) is 2.76. The van der Waals surface area contributed by atoms with E-state index < -0.39 is 0 Å². The summed E-state index contributed by atoms with van der Waals surface area (Å²) in [7, 11) is 3.85. The highest BCUT2D eigenvalue weighted by Crippen LogP contribution is 2.14. The molecule has 0 saturated carbocycles. The monoisotopic (exact) mass is 346 g/mol. The summed E-state index contributed by atoms with van der Waals surface area (Å²) < 4.78 is 5.44. The maximum Gasteiger partial charge on any atom is 0.226 e. The molecule has 1 aliphatic heterocycles. The quantitative estimate of drug-likeness (QED) is 0.613. The molecule has 1 atom stereocenters. The van der Waals surface area contributed by atoms with Crippen molar-refractivity contribution in [1.82, 2.24) is 10.2 Å². The van der Waals surface area contributed by atoms with Crippen LogP contribution in [0.4, 0.5) is 5.69 Å². The Morgan fingerprint density at radius 1 is 1.36 bits per heavy atom. The number of rotatable bonds is 6. The van der Waals surface area contributed by atoms with Crippen LogP contribution in [0.15, 0.2) is 29.3 Å². The SMILES string of the molecule is CN=C(NCc1ccc(NC(=O)C(C)C)cc1)N(C)CC1CCOC1. The van der Waals surface area contributed by atoms with E-state index in [1.165, 1.54) is 0 Å². The molecule has 6 nitrogen and oxygen atoms in total. The second kappa shape index (κ2) is 9.42. The number of amides is 1. The van der Waals surface area contributed by atoms with Gasteiger partial charge in [0.25, 0.3) is 0 Å². The second-order valence-corrected chi connectivity index (χ2v) is 6.85. The average Bonchev–Trinajstić information content (AvgIpc) is 3.09. The van der Waals surface area contributed by atoms with Crippen LogP contribution in [-0.2, 0) is 16.1 Å². The van der Waals surface area contributed by atoms with Crippen LogP contribution in [0.25, 0.3) is 0 Å². The third-order valence-corrected chi connectivity index (χ3v) is 4.33. The lowest BCUT2D eigenvalue weighted by molar-refractivity contribution is -0.118. The van der Waals surface area contributed by atoms with Gasteiger partial charge in [0.1, 0.15) is 0 Å². The van der Waals surface area contributed by atoms with Crippen molar-refractivity contribution in [3.8, 4) is 0 Å². The number of aliphatic imine (C=N–C) groups is 1. The molecule has 1 heterocycles. The van der Waals surface area contributed by atoms with E-state index in [-0.39, 0.29) is 11.8 Å². The van der Waals surface area contributed by atoms with Gasteiger partial charge in [0.15, 0.2) is 5.96 Å². The summed E-state index contributed by atoms with van der Waals surface area (Å²) in [5.41, 5.74) is 1.96. The van der Waals surface area contributed by atoms with Gasteiger partial charge < -0.3 is 20.3 Å². The zero-order chi connectivity index (χ0) is 18.2. The lowest BCUT2D eigenvalue weighted by atomic mass is 10.1. The number of guanidine groups is 1. The number of ether oxygens (including phenoxy) is 1. The van der Waals surface area contributed by atoms with Crippen molar-refractivity contribution >= 4 is 17.6 Å². The van der Waals surface area contributed by atoms with Crippen molar-refractivity contribution in [2.24, 2.45) is 16.8 Å². The van der Waals surface area contributed by atoms with Crippen molar-refractivity contribution in [2.75, 3.05) is 39.2 Å². The summed E-state index contributed by atoms with van der Waals surface area (Å²) >= 11 is 0. The van der Waals surface area contributed by atoms with E-state index in [0.717, 1.165) is 43.4 Å². The Labute approximate surface area is 150 Å². The van der Waals surface area contributed by atoms with E-state index >= 15 is 0 Å².